The molecule has 2 aliphatic carbocycles. The van der Waals surface area contributed by atoms with E-state index in [1.807, 2.05) is 0 Å². The van der Waals surface area contributed by atoms with Gasteiger partial charge in [-0.3, -0.25) is 14.9 Å². The Morgan fingerprint density at radius 3 is 2.85 bits per heavy atom. The lowest BCUT2D eigenvalue weighted by Gasteiger charge is -2.23. The number of nitro groups is 1. The predicted octanol–water partition coefficient (Wildman–Crippen LogP) is 1.49. The molecular formula is C13H16N4O3. The van der Waals surface area contributed by atoms with E-state index in [0.717, 1.165) is 19.0 Å². The average molecular weight is 276 g/mol. The van der Waals surface area contributed by atoms with Crippen molar-refractivity contribution in [2.45, 2.75) is 31.7 Å². The highest BCUT2D eigenvalue weighted by Gasteiger charge is 2.40. The summed E-state index contributed by atoms with van der Waals surface area (Å²) in [4.78, 5) is 26.1. The second kappa shape index (κ2) is 4.73. The monoisotopic (exact) mass is 276 g/mol. The fourth-order valence-electron chi connectivity index (χ4n) is 3.41. The van der Waals surface area contributed by atoms with Gasteiger partial charge in [-0.1, -0.05) is 6.42 Å². The molecule has 2 bridgehead atoms. The van der Waals surface area contributed by atoms with E-state index in [1.165, 1.54) is 18.9 Å². The molecular weight excluding hydrogens is 260 g/mol. The summed E-state index contributed by atoms with van der Waals surface area (Å²) in [7, 11) is 0. The standard InChI is InChI=1S/C13H16N4O3/c14-12-10(5-9(6-15-12)17(19)20)13(18)16-11-4-7-1-2-8(11)3-7/h5-8,11H,1-4H2,(H2,14,15)(H,16,18). The highest BCUT2D eigenvalue weighted by atomic mass is 16.6. The van der Waals surface area contributed by atoms with Crippen molar-refractivity contribution in [3.8, 4) is 0 Å². The van der Waals surface area contributed by atoms with Crippen molar-refractivity contribution in [1.82, 2.24) is 10.3 Å². The molecule has 3 atom stereocenters. The lowest BCUT2D eigenvalue weighted by Crippen LogP contribution is -2.38. The largest absolute Gasteiger partial charge is 0.383 e. The quantitative estimate of drug-likeness (QED) is 0.641. The number of carbonyl (C=O) groups excluding carboxylic acids is 1. The summed E-state index contributed by atoms with van der Waals surface area (Å²) in [5.74, 6) is 0.912. The van der Waals surface area contributed by atoms with Crippen LogP contribution in [0.15, 0.2) is 12.3 Å². The number of nitrogens with two attached hydrogens (primary N) is 1. The SMILES string of the molecule is Nc1ncc([N+](=O)[O-])cc1C(=O)NC1CC2CCC1C2. The number of anilines is 1. The maximum atomic E-state index is 12.2. The molecule has 1 heterocycles. The molecule has 2 saturated carbocycles. The molecule has 7 heteroatoms. The van der Waals surface area contributed by atoms with E-state index in [2.05, 4.69) is 10.3 Å². The number of nitrogens with zero attached hydrogens (tertiary/aromatic N) is 2. The van der Waals surface area contributed by atoms with Crippen molar-refractivity contribution in [1.29, 1.82) is 0 Å². The van der Waals surface area contributed by atoms with E-state index in [4.69, 9.17) is 5.73 Å². The molecule has 1 aromatic rings. The van der Waals surface area contributed by atoms with Crippen LogP contribution in [0.2, 0.25) is 0 Å². The Morgan fingerprint density at radius 1 is 1.45 bits per heavy atom. The smallest absolute Gasteiger partial charge is 0.288 e. The van der Waals surface area contributed by atoms with Gasteiger partial charge in [0.05, 0.1) is 10.5 Å². The first-order valence-electron chi connectivity index (χ1n) is 6.75. The van der Waals surface area contributed by atoms with Crippen LogP contribution < -0.4 is 11.1 Å². The Morgan fingerprint density at radius 2 is 2.25 bits per heavy atom. The molecule has 1 amide bonds. The second-order valence-electron chi connectivity index (χ2n) is 5.64. The molecule has 2 aliphatic rings. The predicted molar refractivity (Wildman–Crippen MR) is 72.0 cm³/mol. The van der Waals surface area contributed by atoms with Crippen LogP contribution in [0.3, 0.4) is 0 Å². The molecule has 2 fully saturated rings. The minimum Gasteiger partial charge on any atom is -0.383 e. The van der Waals surface area contributed by atoms with Crippen molar-refractivity contribution in [3.05, 3.63) is 27.9 Å². The zero-order valence-electron chi connectivity index (χ0n) is 10.9. The number of hydrogen-bond donors (Lipinski definition) is 2. The van der Waals surface area contributed by atoms with Gasteiger partial charge in [-0.05, 0) is 31.1 Å². The van der Waals surface area contributed by atoms with Crippen molar-refractivity contribution < 1.29 is 9.72 Å². The topological polar surface area (TPSA) is 111 Å². The number of nitrogen functional groups attached to an aromatic ring is 1. The molecule has 106 valence electrons. The Balaban J connectivity index is 1.76. The minimum atomic E-state index is -0.583. The molecule has 1 aromatic heterocycles. The van der Waals surface area contributed by atoms with Crippen LogP contribution in [-0.4, -0.2) is 21.9 Å². The first kappa shape index (κ1) is 12.8. The number of rotatable bonds is 3. The number of fused-ring (bicyclic) bond motifs is 2. The molecule has 0 spiro atoms. The summed E-state index contributed by atoms with van der Waals surface area (Å²) in [5, 5.41) is 13.7. The third-order valence-corrected chi connectivity index (χ3v) is 4.41. The summed E-state index contributed by atoms with van der Waals surface area (Å²) in [6, 6.07) is 1.35. The first-order valence-corrected chi connectivity index (χ1v) is 6.75. The molecule has 0 aromatic carbocycles. The Kier molecular flexibility index (Phi) is 3.04. The molecule has 3 unspecified atom stereocenters. The molecule has 0 saturated heterocycles. The van der Waals surface area contributed by atoms with Gasteiger partial charge in [-0.2, -0.15) is 0 Å². The molecule has 3 N–H and O–H groups in total. The zero-order chi connectivity index (χ0) is 14.3. The van der Waals surface area contributed by atoms with Gasteiger partial charge in [0, 0.05) is 12.1 Å². The van der Waals surface area contributed by atoms with Crippen LogP contribution in [-0.2, 0) is 0 Å². The maximum Gasteiger partial charge on any atom is 0.288 e. The number of nitrogens with one attached hydrogen (secondary N) is 1. The Hall–Kier alpha value is -2.18. The van der Waals surface area contributed by atoms with Gasteiger partial charge < -0.3 is 11.1 Å². The first-order chi connectivity index (χ1) is 9.54. The summed E-state index contributed by atoms with van der Waals surface area (Å²) in [6.45, 7) is 0. The summed E-state index contributed by atoms with van der Waals surface area (Å²) in [6.07, 6.45) is 5.63. The molecule has 0 aliphatic heterocycles. The van der Waals surface area contributed by atoms with Crippen LogP contribution in [0, 0.1) is 22.0 Å². The third kappa shape index (κ3) is 2.19. The van der Waals surface area contributed by atoms with Crippen molar-refractivity contribution >= 4 is 17.4 Å². The van der Waals surface area contributed by atoms with Gasteiger partial charge in [-0.25, -0.2) is 4.98 Å². The Bertz CT molecular complexity index is 575. The fraction of sp³-hybridized carbons (Fsp3) is 0.538. The normalized spacial score (nSPS) is 27.5. The van der Waals surface area contributed by atoms with Crippen LogP contribution >= 0.6 is 0 Å². The number of carbonyl (C=O) groups is 1. The van der Waals surface area contributed by atoms with E-state index in [-0.39, 0.29) is 29.0 Å². The van der Waals surface area contributed by atoms with Gasteiger partial charge >= 0.3 is 0 Å². The van der Waals surface area contributed by atoms with E-state index >= 15 is 0 Å². The highest BCUT2D eigenvalue weighted by molar-refractivity contribution is 5.99. The van der Waals surface area contributed by atoms with Gasteiger partial charge in [0.15, 0.2) is 0 Å². The zero-order valence-corrected chi connectivity index (χ0v) is 10.9. The van der Waals surface area contributed by atoms with Crippen LogP contribution in [0.25, 0.3) is 0 Å². The fourth-order valence-corrected chi connectivity index (χ4v) is 3.41. The number of pyridine rings is 1. The summed E-state index contributed by atoms with van der Waals surface area (Å²) < 4.78 is 0. The Labute approximate surface area is 115 Å². The van der Waals surface area contributed by atoms with E-state index in [1.54, 1.807) is 0 Å². The van der Waals surface area contributed by atoms with E-state index in [9.17, 15) is 14.9 Å². The summed E-state index contributed by atoms with van der Waals surface area (Å²) >= 11 is 0. The minimum absolute atomic E-state index is 0.0243. The van der Waals surface area contributed by atoms with E-state index < -0.39 is 4.92 Å². The van der Waals surface area contributed by atoms with Gasteiger partial charge in [0.2, 0.25) is 0 Å². The highest BCUT2D eigenvalue weighted by Crippen LogP contribution is 2.44. The van der Waals surface area contributed by atoms with Gasteiger partial charge in [0.1, 0.15) is 12.0 Å². The number of hydrogen-bond acceptors (Lipinski definition) is 5. The van der Waals surface area contributed by atoms with E-state index in [0.29, 0.717) is 11.8 Å². The average Bonchev–Trinajstić information content (AvgIpc) is 3.01. The van der Waals surface area contributed by atoms with Crippen LogP contribution in [0.4, 0.5) is 11.5 Å². The molecule has 3 rings (SSSR count). The molecule has 7 nitrogen and oxygen atoms in total. The third-order valence-electron chi connectivity index (χ3n) is 4.41. The van der Waals surface area contributed by atoms with Crippen LogP contribution in [0.5, 0.6) is 0 Å². The second-order valence-corrected chi connectivity index (χ2v) is 5.64. The molecule has 0 radical (unpaired) electrons. The number of aromatic nitrogens is 1. The van der Waals surface area contributed by atoms with Gasteiger partial charge in [-0.15, -0.1) is 0 Å². The van der Waals surface area contributed by atoms with Crippen LogP contribution in [0.1, 0.15) is 36.0 Å². The van der Waals surface area contributed by atoms with Gasteiger partial charge in [0.25, 0.3) is 11.6 Å². The maximum absolute atomic E-state index is 12.2. The van der Waals surface area contributed by atoms with Crippen molar-refractivity contribution in [3.63, 3.8) is 0 Å². The number of amides is 1. The van der Waals surface area contributed by atoms with Crippen molar-refractivity contribution in [2.75, 3.05) is 5.73 Å². The molecule has 20 heavy (non-hydrogen) atoms. The lowest BCUT2D eigenvalue weighted by molar-refractivity contribution is -0.385. The lowest BCUT2D eigenvalue weighted by atomic mass is 9.95. The van der Waals surface area contributed by atoms with Crippen molar-refractivity contribution in [2.24, 2.45) is 11.8 Å². The summed E-state index contributed by atoms with van der Waals surface area (Å²) in [5.41, 5.74) is 5.51.